The van der Waals surface area contributed by atoms with Crippen LogP contribution in [0.1, 0.15) is 5.56 Å². The maximum Gasteiger partial charge on any atom is 0.264 e. The van der Waals surface area contributed by atoms with Crippen molar-refractivity contribution in [2.24, 2.45) is 0 Å². The number of halogens is 2. The molecule has 0 fully saturated rings. The molecule has 0 heterocycles. The molecule has 0 atom stereocenters. The zero-order chi connectivity index (χ0) is 22.6. The lowest BCUT2D eigenvalue weighted by Crippen LogP contribution is -2.31. The molecule has 0 saturated heterocycles. The molecular weight excluding hydrogens is 461 g/mol. The first-order chi connectivity index (χ1) is 14.8. The lowest BCUT2D eigenvalue weighted by molar-refractivity contribution is 0.403. The summed E-state index contributed by atoms with van der Waals surface area (Å²) < 4.78 is 44.5. The molecule has 0 aliphatic carbocycles. The fourth-order valence-corrected chi connectivity index (χ4v) is 4.95. The summed E-state index contributed by atoms with van der Waals surface area (Å²) in [5, 5.41) is 0.702. The molecule has 0 spiro atoms. The predicted molar refractivity (Wildman–Crippen MR) is 122 cm³/mol. The van der Waals surface area contributed by atoms with E-state index in [9.17, 15) is 8.42 Å². The van der Waals surface area contributed by atoms with Gasteiger partial charge in [0, 0.05) is 21.7 Å². The monoisotopic (exact) mass is 481 g/mol. The summed E-state index contributed by atoms with van der Waals surface area (Å²) in [7, 11) is 0.430. The van der Waals surface area contributed by atoms with Crippen molar-refractivity contribution in [3.05, 3.63) is 76.3 Å². The second-order valence-corrected chi connectivity index (χ2v) is 9.10. The molecule has 3 aromatic carbocycles. The summed E-state index contributed by atoms with van der Waals surface area (Å²) in [5.41, 5.74) is 0.751. The van der Waals surface area contributed by atoms with Gasteiger partial charge in [-0.05, 0) is 48.5 Å². The molecule has 9 heteroatoms. The molecule has 31 heavy (non-hydrogen) atoms. The average molecular weight is 482 g/mol. The number of nitrogens with zero attached hydrogens (tertiary/aromatic N) is 1. The van der Waals surface area contributed by atoms with Crippen LogP contribution in [-0.2, 0) is 16.6 Å². The number of hydrogen-bond donors (Lipinski definition) is 0. The molecule has 0 bridgehead atoms. The Morgan fingerprint density at radius 1 is 0.806 bits per heavy atom. The molecule has 0 radical (unpaired) electrons. The normalized spacial score (nSPS) is 11.1. The van der Waals surface area contributed by atoms with Crippen LogP contribution in [-0.4, -0.2) is 29.7 Å². The molecule has 3 rings (SSSR count). The van der Waals surface area contributed by atoms with Gasteiger partial charge in [0.25, 0.3) is 10.0 Å². The zero-order valence-electron chi connectivity index (χ0n) is 17.1. The Hall–Kier alpha value is -2.61. The lowest BCUT2D eigenvalue weighted by atomic mass is 10.2. The number of ether oxygens (including phenoxy) is 3. The molecule has 0 unspecified atom stereocenters. The van der Waals surface area contributed by atoms with Gasteiger partial charge in [0.2, 0.25) is 0 Å². The summed E-state index contributed by atoms with van der Waals surface area (Å²) in [4.78, 5) is 0.0707. The second-order valence-electron chi connectivity index (χ2n) is 6.43. The maximum atomic E-state index is 13.7. The van der Waals surface area contributed by atoms with E-state index in [1.54, 1.807) is 48.5 Å². The van der Waals surface area contributed by atoms with E-state index in [4.69, 9.17) is 37.4 Å². The highest BCUT2D eigenvalue weighted by molar-refractivity contribution is 7.92. The van der Waals surface area contributed by atoms with Crippen molar-refractivity contribution in [2.75, 3.05) is 25.6 Å². The van der Waals surface area contributed by atoms with Crippen molar-refractivity contribution in [2.45, 2.75) is 11.4 Å². The van der Waals surface area contributed by atoms with Crippen LogP contribution in [0.2, 0.25) is 10.0 Å². The molecule has 6 nitrogen and oxygen atoms in total. The molecule has 0 N–H and O–H groups in total. The van der Waals surface area contributed by atoms with Crippen LogP contribution in [0.25, 0.3) is 0 Å². The van der Waals surface area contributed by atoms with Gasteiger partial charge < -0.3 is 14.2 Å². The number of methoxy groups -OCH3 is 3. The molecule has 0 aliphatic heterocycles. The second kappa shape index (κ2) is 9.68. The van der Waals surface area contributed by atoms with E-state index < -0.39 is 10.0 Å². The van der Waals surface area contributed by atoms with Crippen molar-refractivity contribution in [3.63, 3.8) is 0 Å². The third kappa shape index (κ3) is 4.84. The Morgan fingerprint density at radius 3 is 1.94 bits per heavy atom. The van der Waals surface area contributed by atoms with Crippen molar-refractivity contribution in [3.8, 4) is 17.2 Å². The standard InChI is InChI=1S/C22H21Cl2NO5S/c1-28-15-7-10-17(11-8-15)31(26,27)25(14-18-19(23)5-4-6-20(18)24)21-13-16(29-2)9-12-22(21)30-3/h4-13H,14H2,1-3H3. The van der Waals surface area contributed by atoms with Gasteiger partial charge in [0.1, 0.15) is 17.2 Å². The molecule has 0 saturated carbocycles. The van der Waals surface area contributed by atoms with Crippen LogP contribution < -0.4 is 18.5 Å². The first-order valence-electron chi connectivity index (χ1n) is 9.13. The van der Waals surface area contributed by atoms with Gasteiger partial charge in [-0.25, -0.2) is 8.42 Å². The van der Waals surface area contributed by atoms with Gasteiger partial charge in [0.15, 0.2) is 0 Å². The van der Waals surface area contributed by atoms with Crippen LogP contribution in [0.4, 0.5) is 5.69 Å². The molecule has 0 aromatic heterocycles. The van der Waals surface area contributed by atoms with Crippen LogP contribution >= 0.6 is 23.2 Å². The molecule has 0 amide bonds. The summed E-state index contributed by atoms with van der Waals surface area (Å²) in [6, 6.07) is 16.0. The van der Waals surface area contributed by atoms with Crippen molar-refractivity contribution >= 4 is 38.9 Å². The third-order valence-electron chi connectivity index (χ3n) is 4.67. The Kier molecular flexibility index (Phi) is 7.20. The Bertz CT molecular complexity index is 1150. The lowest BCUT2D eigenvalue weighted by Gasteiger charge is -2.27. The minimum Gasteiger partial charge on any atom is -0.497 e. The van der Waals surface area contributed by atoms with Gasteiger partial charge in [-0.2, -0.15) is 0 Å². The van der Waals surface area contributed by atoms with Gasteiger partial charge in [-0.1, -0.05) is 29.3 Å². The molecule has 3 aromatic rings. The van der Waals surface area contributed by atoms with E-state index in [1.807, 2.05) is 0 Å². The SMILES string of the molecule is COc1ccc(S(=O)(=O)N(Cc2c(Cl)cccc2Cl)c2cc(OC)ccc2OC)cc1. The number of sulfonamides is 1. The van der Waals surface area contributed by atoms with Crippen LogP contribution in [0.5, 0.6) is 17.2 Å². The van der Waals surface area contributed by atoms with Gasteiger partial charge in [-0.15, -0.1) is 0 Å². The van der Waals surface area contributed by atoms with Crippen molar-refractivity contribution in [1.29, 1.82) is 0 Å². The topological polar surface area (TPSA) is 65.1 Å². The summed E-state index contributed by atoms with van der Waals surface area (Å²) in [5.74, 6) is 1.36. The van der Waals surface area contributed by atoms with E-state index in [-0.39, 0.29) is 17.1 Å². The molecule has 164 valence electrons. The van der Waals surface area contributed by atoms with E-state index >= 15 is 0 Å². The van der Waals surface area contributed by atoms with Crippen molar-refractivity contribution in [1.82, 2.24) is 0 Å². The summed E-state index contributed by atoms with van der Waals surface area (Å²) in [6.07, 6.45) is 0. The fraction of sp³-hybridized carbons (Fsp3) is 0.182. The van der Waals surface area contributed by atoms with Crippen LogP contribution in [0.15, 0.2) is 65.6 Å². The number of hydrogen-bond acceptors (Lipinski definition) is 5. The Labute approximate surface area is 191 Å². The van der Waals surface area contributed by atoms with Crippen molar-refractivity contribution < 1.29 is 22.6 Å². The fourth-order valence-electron chi connectivity index (χ4n) is 2.99. The van der Waals surface area contributed by atoms with Gasteiger partial charge in [0.05, 0.1) is 38.5 Å². The zero-order valence-corrected chi connectivity index (χ0v) is 19.5. The van der Waals surface area contributed by atoms with Gasteiger partial charge in [-0.3, -0.25) is 4.31 Å². The highest BCUT2D eigenvalue weighted by Crippen LogP contribution is 2.38. The quantitative estimate of drug-likeness (QED) is 0.429. The minimum atomic E-state index is -4.04. The number of rotatable bonds is 8. The highest BCUT2D eigenvalue weighted by atomic mass is 35.5. The predicted octanol–water partition coefficient (Wildman–Crippen LogP) is 5.41. The Balaban J connectivity index is 2.21. The maximum absolute atomic E-state index is 13.7. The number of benzene rings is 3. The molecule has 0 aliphatic rings. The van der Waals surface area contributed by atoms with E-state index in [0.29, 0.717) is 32.9 Å². The molecular formula is C22H21Cl2NO5S. The van der Waals surface area contributed by atoms with Crippen LogP contribution in [0.3, 0.4) is 0 Å². The highest BCUT2D eigenvalue weighted by Gasteiger charge is 2.29. The smallest absolute Gasteiger partial charge is 0.264 e. The number of anilines is 1. The van der Waals surface area contributed by atoms with Crippen LogP contribution in [0, 0.1) is 0 Å². The van der Waals surface area contributed by atoms with E-state index in [1.165, 1.54) is 37.8 Å². The summed E-state index contributed by atoms with van der Waals surface area (Å²) >= 11 is 12.7. The summed E-state index contributed by atoms with van der Waals surface area (Å²) in [6.45, 7) is -0.115. The largest absolute Gasteiger partial charge is 0.497 e. The first kappa shape index (κ1) is 23.1. The average Bonchev–Trinajstić information content (AvgIpc) is 2.78. The third-order valence-corrected chi connectivity index (χ3v) is 7.15. The van der Waals surface area contributed by atoms with Gasteiger partial charge >= 0.3 is 0 Å². The minimum absolute atomic E-state index is 0.0707. The van der Waals surface area contributed by atoms with E-state index in [0.717, 1.165) is 0 Å². The Morgan fingerprint density at radius 2 is 1.39 bits per heavy atom. The first-order valence-corrected chi connectivity index (χ1v) is 11.3. The van der Waals surface area contributed by atoms with E-state index in [2.05, 4.69) is 0 Å².